The third-order valence-corrected chi connectivity index (χ3v) is 3.47. The molecule has 16 heavy (non-hydrogen) atoms. The second-order valence-electron chi connectivity index (χ2n) is 4.23. The summed E-state index contributed by atoms with van der Waals surface area (Å²) in [7, 11) is 0. The molecule has 0 spiro atoms. The van der Waals surface area contributed by atoms with Crippen molar-refractivity contribution < 1.29 is 14.4 Å². The summed E-state index contributed by atoms with van der Waals surface area (Å²) in [5.74, 6) is -1.42. The maximum absolute atomic E-state index is 12.1. The molecule has 4 heteroatoms. The van der Waals surface area contributed by atoms with Crippen LogP contribution in [0.3, 0.4) is 0 Å². The molecule has 90 valence electrons. The fraction of sp³-hybridized carbons (Fsp3) is 0.750. The van der Waals surface area contributed by atoms with E-state index >= 15 is 0 Å². The van der Waals surface area contributed by atoms with Crippen LogP contribution in [-0.4, -0.2) is 29.0 Å². The molecule has 0 unspecified atom stereocenters. The third kappa shape index (κ3) is 1.66. The first kappa shape index (κ1) is 12.9. The summed E-state index contributed by atoms with van der Waals surface area (Å²) in [4.78, 5) is 36.8. The topological polar surface area (TPSA) is 54.5 Å². The lowest BCUT2D eigenvalue weighted by atomic mass is 9.80. The van der Waals surface area contributed by atoms with Gasteiger partial charge in [0.15, 0.2) is 0 Å². The predicted molar refractivity (Wildman–Crippen MR) is 59.7 cm³/mol. The zero-order valence-corrected chi connectivity index (χ0v) is 10.2. The molecule has 0 aromatic carbocycles. The fourth-order valence-electron chi connectivity index (χ4n) is 2.17. The van der Waals surface area contributed by atoms with Gasteiger partial charge in [0.1, 0.15) is 5.41 Å². The summed E-state index contributed by atoms with van der Waals surface area (Å²) in [6.07, 6.45) is 2.48. The first-order valence-corrected chi connectivity index (χ1v) is 5.95. The van der Waals surface area contributed by atoms with E-state index in [2.05, 4.69) is 0 Å². The van der Waals surface area contributed by atoms with Crippen molar-refractivity contribution in [2.24, 2.45) is 5.41 Å². The molecule has 0 N–H and O–H groups in total. The largest absolute Gasteiger partial charge is 0.297 e. The smallest absolute Gasteiger partial charge is 0.287 e. The van der Waals surface area contributed by atoms with Gasteiger partial charge in [-0.15, -0.1) is 0 Å². The van der Waals surface area contributed by atoms with Crippen molar-refractivity contribution in [3.8, 4) is 0 Å². The Balaban J connectivity index is 2.98. The predicted octanol–water partition coefficient (Wildman–Crippen LogP) is 1.53. The standard InChI is InChI=1S/C12H19NO3/c1-4-7-8-13-10(15)9(14)12(5-2,6-3)11(13)16/h4-8H2,1-3H3. The van der Waals surface area contributed by atoms with Crippen LogP contribution < -0.4 is 0 Å². The van der Waals surface area contributed by atoms with E-state index in [-0.39, 0.29) is 5.91 Å². The van der Waals surface area contributed by atoms with Gasteiger partial charge in [-0.25, -0.2) is 0 Å². The molecule has 0 atom stereocenters. The number of ketones is 1. The van der Waals surface area contributed by atoms with Crippen molar-refractivity contribution in [3.05, 3.63) is 0 Å². The Morgan fingerprint density at radius 1 is 1.06 bits per heavy atom. The van der Waals surface area contributed by atoms with Crippen LogP contribution in [0.5, 0.6) is 0 Å². The van der Waals surface area contributed by atoms with Gasteiger partial charge in [0, 0.05) is 6.54 Å². The number of likely N-dealkylation sites (tertiary alicyclic amines) is 1. The van der Waals surface area contributed by atoms with Gasteiger partial charge >= 0.3 is 0 Å². The minimum Gasteiger partial charge on any atom is -0.287 e. The second kappa shape index (κ2) is 4.76. The summed E-state index contributed by atoms with van der Waals surface area (Å²) < 4.78 is 0. The number of hydrogen-bond acceptors (Lipinski definition) is 3. The Labute approximate surface area is 96.0 Å². The van der Waals surface area contributed by atoms with Crippen LogP contribution in [0, 0.1) is 5.41 Å². The lowest BCUT2D eigenvalue weighted by Crippen LogP contribution is -2.36. The normalized spacial score (nSPS) is 19.7. The van der Waals surface area contributed by atoms with E-state index in [0.29, 0.717) is 19.4 Å². The third-order valence-electron chi connectivity index (χ3n) is 3.47. The lowest BCUT2D eigenvalue weighted by Gasteiger charge is -2.21. The number of carbonyl (C=O) groups is 3. The van der Waals surface area contributed by atoms with Gasteiger partial charge < -0.3 is 0 Å². The summed E-state index contributed by atoms with van der Waals surface area (Å²) in [5.41, 5.74) is -1.06. The summed E-state index contributed by atoms with van der Waals surface area (Å²) in [5, 5.41) is 0. The molecule has 0 radical (unpaired) electrons. The number of imide groups is 1. The van der Waals surface area contributed by atoms with Crippen LogP contribution in [0.15, 0.2) is 0 Å². The van der Waals surface area contributed by atoms with Crippen molar-refractivity contribution in [1.82, 2.24) is 4.90 Å². The molecule has 1 fully saturated rings. The number of rotatable bonds is 5. The molecule has 0 saturated carbocycles. The Hall–Kier alpha value is -1.19. The minimum atomic E-state index is -1.06. The Morgan fingerprint density at radius 3 is 2.00 bits per heavy atom. The molecule has 1 aliphatic rings. The molecule has 1 saturated heterocycles. The molecule has 1 rings (SSSR count). The number of hydrogen-bond donors (Lipinski definition) is 0. The highest BCUT2D eigenvalue weighted by molar-refractivity contribution is 6.49. The number of Topliss-reactive ketones (excluding diaryl/α,β-unsaturated/α-hetero) is 1. The Bertz CT molecular complexity index is 318. The molecule has 1 aliphatic heterocycles. The first-order chi connectivity index (χ1) is 7.55. The zero-order valence-electron chi connectivity index (χ0n) is 10.2. The first-order valence-electron chi connectivity index (χ1n) is 5.95. The van der Waals surface area contributed by atoms with Gasteiger partial charge in [-0.2, -0.15) is 0 Å². The van der Waals surface area contributed by atoms with Crippen molar-refractivity contribution in [1.29, 1.82) is 0 Å². The van der Waals surface area contributed by atoms with Crippen molar-refractivity contribution in [2.45, 2.75) is 46.5 Å². The molecule has 4 nitrogen and oxygen atoms in total. The quantitative estimate of drug-likeness (QED) is 0.405. The Morgan fingerprint density at radius 2 is 1.62 bits per heavy atom. The minimum absolute atomic E-state index is 0.291. The van der Waals surface area contributed by atoms with E-state index in [4.69, 9.17) is 0 Å². The molecule has 0 aromatic rings. The molecular formula is C12H19NO3. The van der Waals surface area contributed by atoms with Gasteiger partial charge in [-0.05, 0) is 19.3 Å². The maximum atomic E-state index is 12.1. The van der Waals surface area contributed by atoms with E-state index in [1.165, 1.54) is 0 Å². The lowest BCUT2D eigenvalue weighted by molar-refractivity contribution is -0.143. The van der Waals surface area contributed by atoms with Crippen LogP contribution in [0.25, 0.3) is 0 Å². The van der Waals surface area contributed by atoms with Crippen LogP contribution in [0.1, 0.15) is 46.5 Å². The van der Waals surface area contributed by atoms with E-state index in [9.17, 15) is 14.4 Å². The summed E-state index contributed by atoms with van der Waals surface area (Å²) in [6, 6.07) is 0. The highest BCUT2D eigenvalue weighted by atomic mass is 16.2. The average Bonchev–Trinajstić information content (AvgIpc) is 2.47. The average molecular weight is 225 g/mol. The SMILES string of the molecule is CCCCN1C(=O)C(=O)C(CC)(CC)C1=O. The van der Waals surface area contributed by atoms with Gasteiger partial charge in [0.05, 0.1) is 0 Å². The number of nitrogens with zero attached hydrogens (tertiary/aromatic N) is 1. The highest BCUT2D eigenvalue weighted by Gasteiger charge is 2.56. The van der Waals surface area contributed by atoms with Crippen LogP contribution in [-0.2, 0) is 14.4 Å². The van der Waals surface area contributed by atoms with Gasteiger partial charge in [-0.3, -0.25) is 19.3 Å². The number of carbonyl (C=O) groups excluding carboxylic acids is 3. The maximum Gasteiger partial charge on any atom is 0.297 e. The summed E-state index contributed by atoms with van der Waals surface area (Å²) in [6.45, 7) is 5.94. The van der Waals surface area contributed by atoms with E-state index in [1.807, 2.05) is 6.92 Å². The van der Waals surface area contributed by atoms with E-state index in [1.54, 1.807) is 13.8 Å². The van der Waals surface area contributed by atoms with Gasteiger partial charge in [0.2, 0.25) is 11.7 Å². The molecular weight excluding hydrogens is 206 g/mol. The Kier molecular flexibility index (Phi) is 3.83. The highest BCUT2D eigenvalue weighted by Crippen LogP contribution is 2.36. The van der Waals surface area contributed by atoms with E-state index in [0.717, 1.165) is 17.7 Å². The summed E-state index contributed by atoms with van der Waals surface area (Å²) >= 11 is 0. The zero-order chi connectivity index (χ0) is 12.3. The van der Waals surface area contributed by atoms with Crippen molar-refractivity contribution in [3.63, 3.8) is 0 Å². The van der Waals surface area contributed by atoms with Gasteiger partial charge in [-0.1, -0.05) is 27.2 Å². The second-order valence-corrected chi connectivity index (χ2v) is 4.23. The molecule has 0 aromatic heterocycles. The van der Waals surface area contributed by atoms with E-state index < -0.39 is 17.1 Å². The number of unbranched alkanes of at least 4 members (excludes halogenated alkanes) is 1. The van der Waals surface area contributed by atoms with Crippen LogP contribution in [0.2, 0.25) is 0 Å². The molecule has 2 amide bonds. The molecule has 1 heterocycles. The fourth-order valence-corrected chi connectivity index (χ4v) is 2.17. The number of amides is 2. The monoisotopic (exact) mass is 225 g/mol. The van der Waals surface area contributed by atoms with Crippen LogP contribution in [0.4, 0.5) is 0 Å². The van der Waals surface area contributed by atoms with Gasteiger partial charge in [0.25, 0.3) is 5.91 Å². The molecule has 0 bridgehead atoms. The van der Waals surface area contributed by atoms with Crippen LogP contribution >= 0.6 is 0 Å². The van der Waals surface area contributed by atoms with Crippen molar-refractivity contribution in [2.75, 3.05) is 6.54 Å². The van der Waals surface area contributed by atoms with Crippen molar-refractivity contribution >= 4 is 17.6 Å². The molecule has 0 aliphatic carbocycles.